The maximum absolute atomic E-state index is 11.5. The largest absolute Gasteiger partial charge is 0.481 e. The summed E-state index contributed by atoms with van der Waals surface area (Å²) in [6.07, 6.45) is -0.131. The Kier molecular flexibility index (Phi) is 4.09. The van der Waals surface area contributed by atoms with Crippen molar-refractivity contribution < 1.29 is 19.5 Å². The Hall–Kier alpha value is -1.59. The smallest absolute Gasteiger partial charge is 0.305 e. The lowest BCUT2D eigenvalue weighted by Gasteiger charge is -2.44. The van der Waals surface area contributed by atoms with Crippen molar-refractivity contribution in [2.75, 3.05) is 13.1 Å². The maximum atomic E-state index is 11.5. The molecule has 0 radical (unpaired) electrons. The summed E-state index contributed by atoms with van der Waals surface area (Å²) in [7, 11) is 0. The first-order valence-corrected chi connectivity index (χ1v) is 5.59. The predicted octanol–water partition coefficient (Wildman–Crippen LogP) is -0.0712. The van der Waals surface area contributed by atoms with Crippen LogP contribution in [0.4, 0.5) is 0 Å². The summed E-state index contributed by atoms with van der Waals surface area (Å²) in [6.45, 7) is 5.46. The van der Waals surface area contributed by atoms with Crippen LogP contribution < -0.4 is 0 Å². The van der Waals surface area contributed by atoms with Gasteiger partial charge in [0.25, 0.3) is 0 Å². The summed E-state index contributed by atoms with van der Waals surface area (Å²) in [5.41, 5.74) is 0. The molecule has 0 spiro atoms. The predicted molar refractivity (Wildman–Crippen MR) is 60.3 cm³/mol. The molecular weight excluding hydrogens is 224 g/mol. The normalized spacial score (nSPS) is 24.6. The summed E-state index contributed by atoms with van der Waals surface area (Å²) in [6, 6.07) is -0.577. The molecule has 1 aliphatic rings. The van der Waals surface area contributed by atoms with E-state index < -0.39 is 12.0 Å². The van der Waals surface area contributed by atoms with Crippen molar-refractivity contribution in [1.82, 2.24) is 9.80 Å². The van der Waals surface area contributed by atoms with Crippen molar-refractivity contribution in [3.05, 3.63) is 0 Å². The van der Waals surface area contributed by atoms with Crippen LogP contribution in [-0.2, 0) is 14.4 Å². The third-order valence-electron chi connectivity index (χ3n) is 3.00. The van der Waals surface area contributed by atoms with E-state index in [0.29, 0.717) is 13.1 Å². The van der Waals surface area contributed by atoms with Crippen LogP contribution in [0.3, 0.4) is 0 Å². The highest BCUT2D eigenvalue weighted by Crippen LogP contribution is 2.18. The van der Waals surface area contributed by atoms with Crippen molar-refractivity contribution in [1.29, 1.82) is 0 Å². The van der Waals surface area contributed by atoms with E-state index >= 15 is 0 Å². The number of hydrogen-bond acceptors (Lipinski definition) is 3. The highest BCUT2D eigenvalue weighted by atomic mass is 16.4. The zero-order chi connectivity index (χ0) is 13.2. The molecule has 1 fully saturated rings. The van der Waals surface area contributed by atoms with Crippen molar-refractivity contribution in [3.8, 4) is 0 Å². The Labute approximate surface area is 100 Å². The first kappa shape index (κ1) is 13.5. The molecule has 6 heteroatoms. The molecule has 0 aromatic heterocycles. The second-order valence-electron chi connectivity index (χ2n) is 4.45. The van der Waals surface area contributed by atoms with Gasteiger partial charge in [-0.2, -0.15) is 0 Å². The number of carbonyl (C=O) groups excluding carboxylic acids is 2. The number of hydrogen-bond donors (Lipinski definition) is 1. The second kappa shape index (κ2) is 5.16. The number of piperazine rings is 1. The van der Waals surface area contributed by atoms with Gasteiger partial charge >= 0.3 is 5.97 Å². The SMILES string of the molecule is CC(=O)N1C[C@@H](CC(=O)O)N(C(C)=O)[C@@H](C)C1. The number of aliphatic carboxylic acids is 1. The molecule has 0 aliphatic carbocycles. The number of carboxylic acids is 1. The standard InChI is InChI=1S/C11H18N2O4/c1-7-5-12(8(2)14)6-10(4-11(16)17)13(7)9(3)15/h7,10H,4-6H2,1-3H3,(H,16,17)/t7-,10+/m0/s1. The zero-order valence-corrected chi connectivity index (χ0v) is 10.3. The topological polar surface area (TPSA) is 77.9 Å². The lowest BCUT2D eigenvalue weighted by molar-refractivity contribution is -0.149. The Morgan fingerprint density at radius 3 is 2.18 bits per heavy atom. The van der Waals surface area contributed by atoms with E-state index in [4.69, 9.17) is 5.11 Å². The summed E-state index contributed by atoms with van der Waals surface area (Å²) < 4.78 is 0. The maximum Gasteiger partial charge on any atom is 0.305 e. The summed E-state index contributed by atoms with van der Waals surface area (Å²) in [5.74, 6) is -1.19. The van der Waals surface area contributed by atoms with Gasteiger partial charge in [-0.25, -0.2) is 0 Å². The molecule has 1 heterocycles. The number of nitrogens with zero attached hydrogens (tertiary/aromatic N) is 2. The first-order chi connectivity index (χ1) is 7.82. The Morgan fingerprint density at radius 1 is 1.18 bits per heavy atom. The van der Waals surface area contributed by atoms with Gasteiger partial charge in [0, 0.05) is 33.0 Å². The molecule has 0 bridgehead atoms. The van der Waals surface area contributed by atoms with Crippen LogP contribution in [0, 0.1) is 0 Å². The molecule has 2 amide bonds. The molecule has 0 saturated carbocycles. The Balaban J connectivity index is 2.87. The molecule has 2 atom stereocenters. The summed E-state index contributed by atoms with van der Waals surface area (Å²) >= 11 is 0. The minimum Gasteiger partial charge on any atom is -0.481 e. The van der Waals surface area contributed by atoms with E-state index in [2.05, 4.69) is 0 Å². The van der Waals surface area contributed by atoms with E-state index in [9.17, 15) is 14.4 Å². The van der Waals surface area contributed by atoms with Gasteiger partial charge in [-0.3, -0.25) is 14.4 Å². The van der Waals surface area contributed by atoms with Crippen LogP contribution >= 0.6 is 0 Å². The van der Waals surface area contributed by atoms with Crippen molar-refractivity contribution in [3.63, 3.8) is 0 Å². The van der Waals surface area contributed by atoms with E-state index in [0.717, 1.165) is 0 Å². The van der Waals surface area contributed by atoms with Crippen LogP contribution in [-0.4, -0.2) is 57.9 Å². The average Bonchev–Trinajstić information content (AvgIpc) is 2.14. The van der Waals surface area contributed by atoms with Gasteiger partial charge in [-0.05, 0) is 6.92 Å². The van der Waals surface area contributed by atoms with Crippen LogP contribution in [0.2, 0.25) is 0 Å². The van der Waals surface area contributed by atoms with Crippen molar-refractivity contribution >= 4 is 17.8 Å². The Bertz CT molecular complexity index is 342. The highest BCUT2D eigenvalue weighted by molar-refractivity contribution is 5.77. The number of carbonyl (C=O) groups is 3. The van der Waals surface area contributed by atoms with Gasteiger partial charge in [0.1, 0.15) is 0 Å². The molecule has 0 aromatic rings. The molecule has 6 nitrogen and oxygen atoms in total. The van der Waals surface area contributed by atoms with E-state index in [1.54, 1.807) is 9.80 Å². The van der Waals surface area contributed by atoms with E-state index in [1.165, 1.54) is 13.8 Å². The van der Waals surface area contributed by atoms with Gasteiger partial charge in [0.05, 0.1) is 12.5 Å². The lowest BCUT2D eigenvalue weighted by Crippen LogP contribution is -2.60. The fraction of sp³-hybridized carbons (Fsp3) is 0.727. The zero-order valence-electron chi connectivity index (χ0n) is 10.3. The van der Waals surface area contributed by atoms with Crippen LogP contribution in [0.1, 0.15) is 27.2 Å². The minimum atomic E-state index is -0.959. The lowest BCUT2D eigenvalue weighted by atomic mass is 10.0. The number of rotatable bonds is 2. The van der Waals surface area contributed by atoms with Gasteiger partial charge in [0.15, 0.2) is 0 Å². The quantitative estimate of drug-likeness (QED) is 0.735. The molecular formula is C11H18N2O4. The van der Waals surface area contributed by atoms with Gasteiger partial charge < -0.3 is 14.9 Å². The summed E-state index contributed by atoms with van der Waals surface area (Å²) in [5, 5.41) is 8.84. The van der Waals surface area contributed by atoms with Crippen LogP contribution in [0.15, 0.2) is 0 Å². The molecule has 1 N–H and O–H groups in total. The van der Waals surface area contributed by atoms with Crippen LogP contribution in [0.5, 0.6) is 0 Å². The second-order valence-corrected chi connectivity index (χ2v) is 4.45. The fourth-order valence-corrected chi connectivity index (χ4v) is 2.37. The molecule has 1 saturated heterocycles. The monoisotopic (exact) mass is 242 g/mol. The van der Waals surface area contributed by atoms with E-state index in [1.807, 2.05) is 6.92 Å². The minimum absolute atomic E-state index is 0.0876. The average molecular weight is 242 g/mol. The number of carboxylic acid groups (broad SMARTS) is 1. The molecule has 1 rings (SSSR count). The van der Waals surface area contributed by atoms with Crippen molar-refractivity contribution in [2.45, 2.75) is 39.3 Å². The highest BCUT2D eigenvalue weighted by Gasteiger charge is 2.35. The first-order valence-electron chi connectivity index (χ1n) is 5.59. The fourth-order valence-electron chi connectivity index (χ4n) is 2.37. The molecule has 0 aromatic carbocycles. The van der Waals surface area contributed by atoms with Gasteiger partial charge in [0.2, 0.25) is 11.8 Å². The molecule has 96 valence electrons. The van der Waals surface area contributed by atoms with E-state index in [-0.39, 0.29) is 24.3 Å². The van der Waals surface area contributed by atoms with Gasteiger partial charge in [-0.1, -0.05) is 0 Å². The third kappa shape index (κ3) is 3.18. The van der Waals surface area contributed by atoms with Gasteiger partial charge in [-0.15, -0.1) is 0 Å². The third-order valence-corrected chi connectivity index (χ3v) is 3.00. The van der Waals surface area contributed by atoms with Crippen molar-refractivity contribution in [2.24, 2.45) is 0 Å². The molecule has 17 heavy (non-hydrogen) atoms. The molecule has 1 aliphatic heterocycles. The number of amides is 2. The van der Waals surface area contributed by atoms with Crippen LogP contribution in [0.25, 0.3) is 0 Å². The summed E-state index contributed by atoms with van der Waals surface area (Å²) in [4.78, 5) is 36.8. The Morgan fingerprint density at radius 2 is 1.76 bits per heavy atom. The molecule has 0 unspecified atom stereocenters.